The molecular weight excluding hydrogens is 296 g/mol. The molecule has 0 saturated carbocycles. The van der Waals surface area contributed by atoms with Crippen molar-refractivity contribution in [2.75, 3.05) is 0 Å². The molecule has 0 aliphatic carbocycles. The number of nitrogens with zero attached hydrogens (tertiary/aromatic N) is 1. The van der Waals surface area contributed by atoms with Crippen LogP contribution in [-0.2, 0) is 10.2 Å². The molecule has 24 heavy (non-hydrogen) atoms. The van der Waals surface area contributed by atoms with E-state index in [2.05, 4.69) is 18.3 Å². The van der Waals surface area contributed by atoms with Crippen LogP contribution in [0.25, 0.3) is 0 Å². The third-order valence-electron chi connectivity index (χ3n) is 4.40. The molecule has 2 rings (SSSR count). The SMILES string of the molecule is CCCC[C@](C#N)(C(=O)N[C@H](C)c1ccccc1)c1ccccc1. The van der Waals surface area contributed by atoms with Gasteiger partial charge in [0.15, 0.2) is 5.41 Å². The van der Waals surface area contributed by atoms with Crippen LogP contribution >= 0.6 is 0 Å². The van der Waals surface area contributed by atoms with E-state index >= 15 is 0 Å². The molecule has 124 valence electrons. The van der Waals surface area contributed by atoms with E-state index in [1.54, 1.807) is 0 Å². The number of benzene rings is 2. The molecule has 1 N–H and O–H groups in total. The highest BCUT2D eigenvalue weighted by Crippen LogP contribution is 2.31. The van der Waals surface area contributed by atoms with Crippen LogP contribution in [0.15, 0.2) is 60.7 Å². The third-order valence-corrected chi connectivity index (χ3v) is 4.40. The summed E-state index contributed by atoms with van der Waals surface area (Å²) in [7, 11) is 0. The Morgan fingerprint density at radius 1 is 1.12 bits per heavy atom. The van der Waals surface area contributed by atoms with Gasteiger partial charge in [-0.05, 0) is 24.5 Å². The summed E-state index contributed by atoms with van der Waals surface area (Å²) in [6, 6.07) is 21.4. The molecule has 3 nitrogen and oxygen atoms in total. The molecule has 2 aromatic carbocycles. The molecule has 1 amide bonds. The number of hydrogen-bond donors (Lipinski definition) is 1. The van der Waals surface area contributed by atoms with Gasteiger partial charge in [-0.25, -0.2) is 0 Å². The fraction of sp³-hybridized carbons (Fsp3) is 0.333. The lowest BCUT2D eigenvalue weighted by Gasteiger charge is -2.28. The van der Waals surface area contributed by atoms with Gasteiger partial charge in [0.2, 0.25) is 5.91 Å². The van der Waals surface area contributed by atoms with Gasteiger partial charge in [-0.3, -0.25) is 4.79 Å². The summed E-state index contributed by atoms with van der Waals surface area (Å²) in [4.78, 5) is 13.1. The quantitative estimate of drug-likeness (QED) is 0.815. The highest BCUT2D eigenvalue weighted by atomic mass is 16.2. The maximum atomic E-state index is 13.1. The van der Waals surface area contributed by atoms with Crippen LogP contribution in [0.2, 0.25) is 0 Å². The van der Waals surface area contributed by atoms with Crippen molar-refractivity contribution in [3.63, 3.8) is 0 Å². The van der Waals surface area contributed by atoms with Crippen LogP contribution in [0.1, 0.15) is 50.3 Å². The Balaban J connectivity index is 2.30. The first kappa shape index (κ1) is 17.7. The van der Waals surface area contributed by atoms with Crippen molar-refractivity contribution >= 4 is 5.91 Å². The summed E-state index contributed by atoms with van der Waals surface area (Å²) < 4.78 is 0. The average Bonchev–Trinajstić information content (AvgIpc) is 2.64. The van der Waals surface area contributed by atoms with Crippen LogP contribution in [-0.4, -0.2) is 5.91 Å². The molecule has 0 heterocycles. The number of carbonyl (C=O) groups is 1. The summed E-state index contributed by atoms with van der Waals surface area (Å²) in [5.74, 6) is -0.221. The maximum absolute atomic E-state index is 13.1. The summed E-state index contributed by atoms with van der Waals surface area (Å²) in [6.07, 6.45) is 2.30. The summed E-state index contributed by atoms with van der Waals surface area (Å²) >= 11 is 0. The lowest BCUT2D eigenvalue weighted by Crippen LogP contribution is -2.44. The standard InChI is InChI=1S/C21H24N2O/c1-3-4-15-21(16-22,19-13-9-6-10-14-19)20(24)23-17(2)18-11-7-5-8-12-18/h5-14,17H,3-4,15H2,1-2H3,(H,23,24)/t17-,21-/m1/s1. The van der Waals surface area contributed by atoms with E-state index in [0.717, 1.165) is 24.0 Å². The largest absolute Gasteiger partial charge is 0.348 e. The molecule has 0 saturated heterocycles. The van der Waals surface area contributed by atoms with Gasteiger partial charge >= 0.3 is 0 Å². The van der Waals surface area contributed by atoms with Crippen molar-refractivity contribution in [1.29, 1.82) is 5.26 Å². The molecular formula is C21H24N2O. The van der Waals surface area contributed by atoms with Crippen LogP contribution in [0.3, 0.4) is 0 Å². The summed E-state index contributed by atoms with van der Waals surface area (Å²) in [5.41, 5.74) is 0.653. The highest BCUT2D eigenvalue weighted by molar-refractivity contribution is 5.91. The normalized spacial score (nSPS) is 14.2. The minimum atomic E-state index is -1.14. The molecule has 0 radical (unpaired) electrons. The van der Waals surface area contributed by atoms with Crippen LogP contribution in [0.5, 0.6) is 0 Å². The Labute approximate surface area is 144 Å². The van der Waals surface area contributed by atoms with E-state index in [9.17, 15) is 10.1 Å². The fourth-order valence-electron chi connectivity index (χ4n) is 2.87. The fourth-order valence-corrected chi connectivity index (χ4v) is 2.87. The molecule has 0 aromatic heterocycles. The molecule has 2 aromatic rings. The number of hydrogen-bond acceptors (Lipinski definition) is 2. The second-order valence-corrected chi connectivity index (χ2v) is 6.09. The van der Waals surface area contributed by atoms with Gasteiger partial charge in [-0.15, -0.1) is 0 Å². The van der Waals surface area contributed by atoms with E-state index in [1.165, 1.54) is 0 Å². The van der Waals surface area contributed by atoms with Crippen molar-refractivity contribution in [3.8, 4) is 6.07 Å². The van der Waals surface area contributed by atoms with Crippen molar-refractivity contribution in [1.82, 2.24) is 5.32 Å². The second kappa shape index (κ2) is 8.31. The second-order valence-electron chi connectivity index (χ2n) is 6.09. The van der Waals surface area contributed by atoms with Crippen LogP contribution < -0.4 is 5.32 Å². The van der Waals surface area contributed by atoms with Gasteiger partial charge in [0.05, 0.1) is 12.1 Å². The number of nitrogens with one attached hydrogen (secondary N) is 1. The van der Waals surface area contributed by atoms with Gasteiger partial charge < -0.3 is 5.32 Å². The van der Waals surface area contributed by atoms with E-state index in [-0.39, 0.29) is 11.9 Å². The molecule has 0 bridgehead atoms. The van der Waals surface area contributed by atoms with Crippen molar-refractivity contribution in [2.45, 2.75) is 44.6 Å². The molecule has 3 heteroatoms. The Hall–Kier alpha value is -2.60. The van der Waals surface area contributed by atoms with Gasteiger partial charge in [-0.1, -0.05) is 80.4 Å². The van der Waals surface area contributed by atoms with Crippen molar-refractivity contribution in [3.05, 3.63) is 71.8 Å². The summed E-state index contributed by atoms with van der Waals surface area (Å²) in [6.45, 7) is 4.01. The average molecular weight is 320 g/mol. The molecule has 0 aliphatic heterocycles. The molecule has 0 unspecified atom stereocenters. The van der Waals surface area contributed by atoms with Gasteiger partial charge in [0.1, 0.15) is 0 Å². The van der Waals surface area contributed by atoms with Crippen molar-refractivity contribution < 1.29 is 4.79 Å². The van der Waals surface area contributed by atoms with E-state index < -0.39 is 5.41 Å². The molecule has 0 fully saturated rings. The first-order chi connectivity index (χ1) is 11.6. The zero-order valence-electron chi connectivity index (χ0n) is 14.3. The van der Waals surface area contributed by atoms with Crippen LogP contribution in [0, 0.1) is 11.3 Å². The Morgan fingerprint density at radius 2 is 1.71 bits per heavy atom. The number of carbonyl (C=O) groups excluding carboxylic acids is 1. The van der Waals surface area contributed by atoms with Crippen LogP contribution in [0.4, 0.5) is 0 Å². The van der Waals surface area contributed by atoms with Gasteiger partial charge in [0.25, 0.3) is 0 Å². The Bertz CT molecular complexity index is 691. The Kier molecular flexibility index (Phi) is 6.14. The lowest BCUT2D eigenvalue weighted by molar-refractivity contribution is -0.125. The Morgan fingerprint density at radius 3 is 2.25 bits per heavy atom. The number of rotatable bonds is 7. The zero-order valence-corrected chi connectivity index (χ0v) is 14.3. The number of amides is 1. The van der Waals surface area contributed by atoms with Gasteiger partial charge in [-0.2, -0.15) is 5.26 Å². The topological polar surface area (TPSA) is 52.9 Å². The molecule has 0 spiro atoms. The van der Waals surface area contributed by atoms with E-state index in [1.807, 2.05) is 67.6 Å². The number of nitriles is 1. The highest BCUT2D eigenvalue weighted by Gasteiger charge is 2.40. The molecule has 2 atom stereocenters. The maximum Gasteiger partial charge on any atom is 0.245 e. The van der Waals surface area contributed by atoms with E-state index in [4.69, 9.17) is 0 Å². The predicted molar refractivity (Wildman–Crippen MR) is 96.3 cm³/mol. The minimum Gasteiger partial charge on any atom is -0.348 e. The van der Waals surface area contributed by atoms with Gasteiger partial charge in [0, 0.05) is 0 Å². The monoisotopic (exact) mass is 320 g/mol. The van der Waals surface area contributed by atoms with E-state index in [0.29, 0.717) is 6.42 Å². The number of unbranched alkanes of at least 4 members (excludes halogenated alkanes) is 1. The van der Waals surface area contributed by atoms with Crippen molar-refractivity contribution in [2.24, 2.45) is 0 Å². The minimum absolute atomic E-state index is 0.142. The lowest BCUT2D eigenvalue weighted by atomic mass is 9.76. The summed E-state index contributed by atoms with van der Waals surface area (Å²) in [5, 5.41) is 12.9. The third kappa shape index (κ3) is 3.83. The predicted octanol–water partition coefficient (Wildman–Crippen LogP) is 4.52. The first-order valence-electron chi connectivity index (χ1n) is 8.46. The smallest absolute Gasteiger partial charge is 0.245 e. The molecule has 0 aliphatic rings. The zero-order chi connectivity index (χ0) is 17.4. The first-order valence-corrected chi connectivity index (χ1v) is 8.46.